The maximum atomic E-state index is 13.7. The van der Waals surface area contributed by atoms with Crippen LogP contribution in [0, 0.1) is 5.92 Å². The molecule has 2 aliphatic heterocycles. The minimum Gasteiger partial charge on any atom is -0.497 e. The molecule has 2 atom stereocenters. The van der Waals surface area contributed by atoms with E-state index in [1.165, 1.54) is 0 Å². The molecule has 7 nitrogen and oxygen atoms in total. The highest BCUT2D eigenvalue weighted by molar-refractivity contribution is 5.97. The van der Waals surface area contributed by atoms with E-state index in [0.717, 1.165) is 43.6 Å². The third-order valence-electron chi connectivity index (χ3n) is 6.68. The van der Waals surface area contributed by atoms with E-state index in [1.54, 1.807) is 26.2 Å². The number of nitrogens with zero attached hydrogens (tertiary/aromatic N) is 2. The molecular formula is C26H32N2O5. The number of hydrogen-bond acceptors (Lipinski definition) is 5. The van der Waals surface area contributed by atoms with Gasteiger partial charge >= 0.3 is 0 Å². The van der Waals surface area contributed by atoms with E-state index in [1.807, 2.05) is 47.4 Å². The number of piperidine rings is 2. The molecule has 0 aliphatic carbocycles. The SMILES string of the molecule is COc1ccc(N2C(=O)CC[C@H](C(=O)N3CCCCC3)[C@H]2c2ccc(OC)c(OC)c2)cc1. The van der Waals surface area contributed by atoms with E-state index in [4.69, 9.17) is 14.2 Å². The van der Waals surface area contributed by atoms with Crippen LogP contribution in [0.2, 0.25) is 0 Å². The molecular weight excluding hydrogens is 420 g/mol. The second kappa shape index (κ2) is 10.1. The highest BCUT2D eigenvalue weighted by Crippen LogP contribution is 2.43. The quantitative estimate of drug-likeness (QED) is 0.657. The molecule has 2 heterocycles. The highest BCUT2D eigenvalue weighted by atomic mass is 16.5. The molecule has 2 aliphatic rings. The van der Waals surface area contributed by atoms with Crippen molar-refractivity contribution in [1.29, 1.82) is 0 Å². The Morgan fingerprint density at radius 1 is 0.879 bits per heavy atom. The van der Waals surface area contributed by atoms with E-state index in [0.29, 0.717) is 30.1 Å². The predicted octanol–water partition coefficient (Wildman–Crippen LogP) is 4.21. The molecule has 4 rings (SSSR count). The lowest BCUT2D eigenvalue weighted by atomic mass is 9.82. The molecule has 2 fully saturated rings. The van der Waals surface area contributed by atoms with Crippen LogP contribution in [0.3, 0.4) is 0 Å². The van der Waals surface area contributed by atoms with Gasteiger partial charge in [-0.2, -0.15) is 0 Å². The largest absolute Gasteiger partial charge is 0.497 e. The Morgan fingerprint density at radius 2 is 1.58 bits per heavy atom. The first kappa shape index (κ1) is 23.0. The van der Waals surface area contributed by atoms with Gasteiger partial charge in [0.25, 0.3) is 0 Å². The second-order valence-electron chi connectivity index (χ2n) is 8.55. The van der Waals surface area contributed by atoms with E-state index < -0.39 is 6.04 Å². The van der Waals surface area contributed by atoms with Crippen molar-refractivity contribution in [1.82, 2.24) is 4.90 Å². The van der Waals surface area contributed by atoms with Crippen molar-refractivity contribution >= 4 is 17.5 Å². The standard InChI is InChI=1S/C26H32N2O5/c1-31-20-10-8-19(9-11-20)28-24(29)14-12-21(26(30)27-15-5-4-6-16-27)25(28)18-7-13-22(32-2)23(17-18)33-3/h7-11,13,17,21,25H,4-6,12,14-16H2,1-3H3/t21-,25+/m0/s1. The average Bonchev–Trinajstić information content (AvgIpc) is 2.88. The van der Waals surface area contributed by atoms with Crippen LogP contribution >= 0.6 is 0 Å². The Morgan fingerprint density at radius 3 is 2.21 bits per heavy atom. The van der Waals surface area contributed by atoms with Crippen LogP contribution in [0.15, 0.2) is 42.5 Å². The summed E-state index contributed by atoms with van der Waals surface area (Å²) < 4.78 is 16.2. The number of carbonyl (C=O) groups is 2. The summed E-state index contributed by atoms with van der Waals surface area (Å²) in [5.74, 6) is 1.70. The second-order valence-corrected chi connectivity index (χ2v) is 8.55. The number of anilines is 1. The molecule has 0 radical (unpaired) electrons. The third-order valence-corrected chi connectivity index (χ3v) is 6.68. The van der Waals surface area contributed by atoms with Crippen LogP contribution in [0.1, 0.15) is 43.7 Å². The Labute approximate surface area is 195 Å². The number of likely N-dealkylation sites (tertiary alicyclic amines) is 1. The Hall–Kier alpha value is -3.22. The third kappa shape index (κ3) is 4.63. The zero-order valence-corrected chi connectivity index (χ0v) is 19.6. The van der Waals surface area contributed by atoms with Gasteiger partial charge in [-0.25, -0.2) is 0 Å². The normalized spacial score (nSPS) is 21.0. The minimum absolute atomic E-state index is 0.00245. The summed E-state index contributed by atoms with van der Waals surface area (Å²) >= 11 is 0. The number of carbonyl (C=O) groups excluding carboxylic acids is 2. The summed E-state index contributed by atoms with van der Waals surface area (Å²) in [5, 5.41) is 0. The van der Waals surface area contributed by atoms with Gasteiger partial charge in [-0.05, 0) is 67.6 Å². The summed E-state index contributed by atoms with van der Waals surface area (Å²) in [5.41, 5.74) is 1.60. The van der Waals surface area contributed by atoms with E-state index in [2.05, 4.69) is 0 Å². The van der Waals surface area contributed by atoms with E-state index in [9.17, 15) is 9.59 Å². The topological polar surface area (TPSA) is 68.3 Å². The van der Waals surface area contributed by atoms with Crippen LogP contribution in [-0.4, -0.2) is 51.1 Å². The average molecular weight is 453 g/mol. The molecule has 0 bridgehead atoms. The zero-order valence-electron chi connectivity index (χ0n) is 19.6. The first-order valence-corrected chi connectivity index (χ1v) is 11.5. The lowest BCUT2D eigenvalue weighted by molar-refractivity contribution is -0.139. The number of rotatable bonds is 6. The summed E-state index contributed by atoms with van der Waals surface area (Å²) in [4.78, 5) is 30.7. The molecule has 0 unspecified atom stereocenters. The van der Waals surface area contributed by atoms with Crippen LogP contribution in [0.4, 0.5) is 5.69 Å². The molecule has 0 saturated carbocycles. The van der Waals surface area contributed by atoms with Crippen molar-refractivity contribution in [2.24, 2.45) is 5.92 Å². The molecule has 0 spiro atoms. The van der Waals surface area contributed by atoms with E-state index >= 15 is 0 Å². The van der Waals surface area contributed by atoms with Crippen LogP contribution < -0.4 is 19.1 Å². The lowest BCUT2D eigenvalue weighted by Crippen LogP contribution is -2.50. The predicted molar refractivity (Wildman–Crippen MR) is 126 cm³/mol. The molecule has 176 valence electrons. The fraction of sp³-hybridized carbons (Fsp3) is 0.462. The fourth-order valence-corrected chi connectivity index (χ4v) is 4.97. The molecule has 2 aromatic carbocycles. The maximum Gasteiger partial charge on any atom is 0.228 e. The van der Waals surface area contributed by atoms with Crippen molar-refractivity contribution in [2.45, 2.75) is 38.1 Å². The van der Waals surface area contributed by atoms with Gasteiger partial charge in [0.1, 0.15) is 5.75 Å². The van der Waals surface area contributed by atoms with Gasteiger partial charge in [-0.3, -0.25) is 9.59 Å². The van der Waals surface area contributed by atoms with Crippen LogP contribution in [-0.2, 0) is 9.59 Å². The molecule has 7 heteroatoms. The van der Waals surface area contributed by atoms with Crippen LogP contribution in [0.25, 0.3) is 0 Å². The first-order valence-electron chi connectivity index (χ1n) is 11.5. The summed E-state index contributed by atoms with van der Waals surface area (Å²) in [6.45, 7) is 1.56. The van der Waals surface area contributed by atoms with Crippen molar-refractivity contribution in [2.75, 3.05) is 39.3 Å². The van der Waals surface area contributed by atoms with Gasteiger partial charge in [0.05, 0.1) is 33.3 Å². The van der Waals surface area contributed by atoms with Gasteiger partial charge in [-0.1, -0.05) is 6.07 Å². The first-order chi connectivity index (χ1) is 16.1. The summed E-state index contributed by atoms with van der Waals surface area (Å²) in [7, 11) is 4.79. The lowest BCUT2D eigenvalue weighted by Gasteiger charge is -2.43. The summed E-state index contributed by atoms with van der Waals surface area (Å²) in [6.07, 6.45) is 4.07. The zero-order chi connectivity index (χ0) is 23.4. The molecule has 33 heavy (non-hydrogen) atoms. The van der Waals surface area contributed by atoms with Crippen molar-refractivity contribution in [3.8, 4) is 17.2 Å². The smallest absolute Gasteiger partial charge is 0.228 e. The molecule has 2 amide bonds. The number of methoxy groups -OCH3 is 3. The number of benzene rings is 2. The molecule has 2 saturated heterocycles. The Balaban J connectivity index is 1.78. The summed E-state index contributed by atoms with van der Waals surface area (Å²) in [6, 6.07) is 12.6. The molecule has 0 aromatic heterocycles. The van der Waals surface area contributed by atoms with Crippen molar-refractivity contribution in [3.63, 3.8) is 0 Å². The van der Waals surface area contributed by atoms with Crippen LogP contribution in [0.5, 0.6) is 17.2 Å². The minimum atomic E-state index is -0.436. The Bertz CT molecular complexity index is 985. The van der Waals surface area contributed by atoms with Crippen molar-refractivity contribution in [3.05, 3.63) is 48.0 Å². The van der Waals surface area contributed by atoms with Gasteiger partial charge in [0.15, 0.2) is 11.5 Å². The van der Waals surface area contributed by atoms with Gasteiger partial charge < -0.3 is 24.0 Å². The number of amides is 2. The van der Waals surface area contributed by atoms with E-state index in [-0.39, 0.29) is 17.7 Å². The van der Waals surface area contributed by atoms with Gasteiger partial charge in [0.2, 0.25) is 11.8 Å². The monoisotopic (exact) mass is 452 g/mol. The van der Waals surface area contributed by atoms with Crippen molar-refractivity contribution < 1.29 is 23.8 Å². The maximum absolute atomic E-state index is 13.7. The highest BCUT2D eigenvalue weighted by Gasteiger charge is 2.43. The number of hydrogen-bond donors (Lipinski definition) is 0. The molecule has 2 aromatic rings. The molecule has 0 N–H and O–H groups in total. The van der Waals surface area contributed by atoms with Gasteiger partial charge in [-0.15, -0.1) is 0 Å². The number of ether oxygens (including phenoxy) is 3. The Kier molecular flexibility index (Phi) is 7.06. The van der Waals surface area contributed by atoms with Gasteiger partial charge in [0, 0.05) is 25.2 Å². The fourth-order valence-electron chi connectivity index (χ4n) is 4.97.